The van der Waals surface area contributed by atoms with E-state index in [1.165, 1.54) is 180 Å². The van der Waals surface area contributed by atoms with Crippen molar-refractivity contribution in [3.8, 4) is 0 Å². The topological polar surface area (TPSA) is 307 Å². The predicted molar refractivity (Wildman–Crippen MR) is 420 cm³/mol. The van der Waals surface area contributed by atoms with Gasteiger partial charge in [0.25, 0.3) is 0 Å². The third-order valence-corrected chi connectivity index (χ3v) is 20.4. The Balaban J connectivity index is 1.37. The summed E-state index contributed by atoms with van der Waals surface area (Å²) in [6.45, 7) is 1.65. The number of aliphatic hydroxyl groups is 11. The highest BCUT2D eigenvalue weighted by molar-refractivity contribution is 5.76. The summed E-state index contributed by atoms with van der Waals surface area (Å²) in [7, 11) is 0. The molecule has 3 aliphatic rings. The summed E-state index contributed by atoms with van der Waals surface area (Å²) in [5, 5.41) is 121. The number of hydrogen-bond donors (Lipinski definition) is 12. The van der Waals surface area contributed by atoms with Crippen LogP contribution in [0.2, 0.25) is 0 Å². The molecule has 3 rings (SSSR count). The molecule has 19 heteroatoms. The molecule has 0 bridgehead atoms. The van der Waals surface area contributed by atoms with Crippen LogP contribution in [0.3, 0.4) is 0 Å². The highest BCUT2D eigenvalue weighted by Gasteiger charge is 2.54. The zero-order chi connectivity index (χ0) is 76.0. The van der Waals surface area contributed by atoms with E-state index < -0.39 is 124 Å². The first-order valence-electron chi connectivity index (χ1n) is 42.0. The van der Waals surface area contributed by atoms with Crippen molar-refractivity contribution in [2.75, 3.05) is 26.4 Å². The maximum Gasteiger partial charge on any atom is 0.220 e. The fourth-order valence-electron chi connectivity index (χ4n) is 13.7. The smallest absolute Gasteiger partial charge is 0.220 e. The van der Waals surface area contributed by atoms with Crippen LogP contribution in [0.25, 0.3) is 0 Å². The van der Waals surface area contributed by atoms with Gasteiger partial charge < -0.3 is 89.9 Å². The summed E-state index contributed by atoms with van der Waals surface area (Å²) in [5.41, 5.74) is 0. The number of hydrogen-bond acceptors (Lipinski definition) is 18. The summed E-state index contributed by atoms with van der Waals surface area (Å²) >= 11 is 0. The van der Waals surface area contributed by atoms with Crippen LogP contribution in [-0.4, -0.2) is 193 Å². The van der Waals surface area contributed by atoms with E-state index in [1.807, 2.05) is 6.08 Å². The Morgan fingerprint density at radius 1 is 0.352 bits per heavy atom. The molecule has 17 unspecified atom stereocenters. The van der Waals surface area contributed by atoms with E-state index >= 15 is 0 Å². The van der Waals surface area contributed by atoms with Crippen LogP contribution in [0.5, 0.6) is 0 Å². The normalized spacial score (nSPS) is 26.3. The third kappa shape index (κ3) is 45.0. The van der Waals surface area contributed by atoms with E-state index in [-0.39, 0.29) is 18.9 Å². The Morgan fingerprint density at radius 3 is 1.03 bits per heavy atom. The lowest BCUT2D eigenvalue weighted by atomic mass is 9.96. The minimum Gasteiger partial charge on any atom is -0.394 e. The lowest BCUT2D eigenvalue weighted by Crippen LogP contribution is -2.66. The van der Waals surface area contributed by atoms with Gasteiger partial charge in [0, 0.05) is 6.42 Å². The number of rotatable bonds is 66. The average Bonchev–Trinajstić information content (AvgIpc) is 0.781. The molecule has 0 aromatic carbocycles. The molecule has 3 saturated heterocycles. The summed E-state index contributed by atoms with van der Waals surface area (Å²) < 4.78 is 34.5. The van der Waals surface area contributed by atoms with E-state index in [2.05, 4.69) is 104 Å². The molecule has 0 spiro atoms. The van der Waals surface area contributed by atoms with E-state index in [1.54, 1.807) is 6.08 Å². The van der Waals surface area contributed by atoms with Crippen molar-refractivity contribution < 1.29 is 89.4 Å². The molecule has 608 valence electrons. The van der Waals surface area contributed by atoms with E-state index in [4.69, 9.17) is 28.4 Å². The van der Waals surface area contributed by atoms with Crippen molar-refractivity contribution in [2.24, 2.45) is 0 Å². The van der Waals surface area contributed by atoms with E-state index in [9.17, 15) is 61.0 Å². The third-order valence-electron chi connectivity index (χ3n) is 20.4. The molecular weight excluding hydrogens is 1330 g/mol. The number of carbonyl (C=O) groups is 1. The van der Waals surface area contributed by atoms with E-state index in [0.29, 0.717) is 6.42 Å². The molecule has 3 aliphatic heterocycles. The number of nitrogens with one attached hydrogen (secondary N) is 1. The SMILES string of the molecule is CC/C=C\C/C=C\C/C=C\C/C=C\C/C=C\C/C=C\C/C=C\CCCCCCCCCCCC(=O)NC(COC1OC(CO)C(OC2OC(CO)C(OC3OC(CO)C(O)C(O)C3O)C(O)C2O)C(O)C1O)C(O)/C=C/CCCCCCCCCCCCCCCCCCCCCCCCCCCCC. The Bertz CT molecular complexity index is 2270. The highest BCUT2D eigenvalue weighted by Crippen LogP contribution is 2.33. The van der Waals surface area contributed by atoms with Gasteiger partial charge in [-0.05, 0) is 77.0 Å². The van der Waals surface area contributed by atoms with Crippen molar-refractivity contribution >= 4 is 5.91 Å². The largest absolute Gasteiger partial charge is 0.394 e. The second kappa shape index (κ2) is 65.4. The Kier molecular flexibility index (Phi) is 59.8. The first-order valence-corrected chi connectivity index (χ1v) is 42.0. The van der Waals surface area contributed by atoms with Gasteiger partial charge in [-0.1, -0.05) is 323 Å². The molecule has 0 aliphatic carbocycles. The molecule has 19 nitrogen and oxygen atoms in total. The molecule has 0 aromatic heterocycles. The molecule has 0 saturated carbocycles. The number of unbranched alkanes of at least 4 members (excludes halogenated alkanes) is 36. The minimum atomic E-state index is -1.98. The van der Waals surface area contributed by atoms with Crippen LogP contribution < -0.4 is 5.32 Å². The lowest BCUT2D eigenvalue weighted by Gasteiger charge is -2.48. The summed E-state index contributed by atoms with van der Waals surface area (Å²) in [6.07, 6.45) is 62.4. The van der Waals surface area contributed by atoms with Crippen LogP contribution in [0, 0.1) is 0 Å². The average molecular weight is 1490 g/mol. The molecule has 105 heavy (non-hydrogen) atoms. The first kappa shape index (κ1) is 95.9. The Hall–Kier alpha value is -3.29. The van der Waals surface area contributed by atoms with Gasteiger partial charge in [0.1, 0.15) is 73.2 Å². The maximum atomic E-state index is 13.5. The van der Waals surface area contributed by atoms with Crippen molar-refractivity contribution in [1.29, 1.82) is 0 Å². The molecule has 17 atom stereocenters. The van der Waals surface area contributed by atoms with Crippen molar-refractivity contribution in [2.45, 2.75) is 413 Å². The number of allylic oxidation sites excluding steroid dienone is 15. The van der Waals surface area contributed by atoms with Gasteiger partial charge in [-0.15, -0.1) is 0 Å². The maximum absolute atomic E-state index is 13.5. The van der Waals surface area contributed by atoms with Crippen LogP contribution in [0.1, 0.15) is 309 Å². The zero-order valence-electron chi connectivity index (χ0n) is 65.2. The number of carbonyl (C=O) groups excluding carboxylic acids is 1. The summed E-state index contributed by atoms with van der Waals surface area (Å²) in [5.74, 6) is -0.282. The zero-order valence-corrected chi connectivity index (χ0v) is 65.2. The van der Waals surface area contributed by atoms with Crippen LogP contribution >= 0.6 is 0 Å². The van der Waals surface area contributed by atoms with Gasteiger partial charge in [0.05, 0.1) is 38.6 Å². The van der Waals surface area contributed by atoms with Crippen molar-refractivity contribution in [3.63, 3.8) is 0 Å². The second-order valence-corrected chi connectivity index (χ2v) is 29.6. The summed E-state index contributed by atoms with van der Waals surface area (Å²) in [6, 6.07) is -0.985. The minimum absolute atomic E-state index is 0.231. The van der Waals surface area contributed by atoms with Crippen molar-refractivity contribution in [3.05, 3.63) is 97.2 Å². The van der Waals surface area contributed by atoms with E-state index in [0.717, 1.165) is 103 Å². The number of amides is 1. The van der Waals surface area contributed by atoms with Gasteiger partial charge in [-0.3, -0.25) is 4.79 Å². The molecule has 1 amide bonds. The monoisotopic (exact) mass is 1490 g/mol. The standard InChI is InChI=1S/C86H151NO18/c1-3-5-7-9-11-13-15-17-19-21-23-25-27-29-31-33-34-36-38-40-42-44-46-48-50-52-54-56-58-60-62-64-74(92)87-69(70(91)63-61-59-57-55-53-51-49-47-45-43-41-39-37-35-32-30-28-26-24-22-20-18-16-14-12-10-8-6-4-2)68-100-84-80(98)77(95)82(72(66-89)102-84)105-86-81(99)78(96)83(73(67-90)103-86)104-85-79(97)76(94)75(93)71(65-88)101-85/h5,7,11,13,17,19,23,25,29,31,34,36,40,42,61,63,69-73,75-86,88-91,93-99H,3-4,6,8-10,12,14-16,18,20-22,24,26-28,30,32-33,35,37-39,41,43-60,62,64-68H2,1-2H3,(H,87,92)/b7-5-,13-11-,19-17-,25-23-,31-29-,36-34-,42-40-,63-61+. The molecule has 0 radical (unpaired) electrons. The molecule has 3 fully saturated rings. The van der Waals surface area contributed by atoms with Gasteiger partial charge >= 0.3 is 0 Å². The molecule has 12 N–H and O–H groups in total. The van der Waals surface area contributed by atoms with Crippen molar-refractivity contribution in [1.82, 2.24) is 5.32 Å². The molecular formula is C86H151NO18. The van der Waals surface area contributed by atoms with Crippen LogP contribution in [0.4, 0.5) is 0 Å². The number of aliphatic hydroxyl groups excluding tert-OH is 11. The lowest BCUT2D eigenvalue weighted by molar-refractivity contribution is -0.379. The molecule has 3 heterocycles. The second-order valence-electron chi connectivity index (χ2n) is 29.6. The quantitative estimate of drug-likeness (QED) is 0.0199. The fraction of sp³-hybridized carbons (Fsp3) is 0.802. The van der Waals surface area contributed by atoms with Crippen LogP contribution in [0.15, 0.2) is 97.2 Å². The Morgan fingerprint density at radius 2 is 0.657 bits per heavy atom. The first-order chi connectivity index (χ1) is 51.3. The number of ether oxygens (including phenoxy) is 6. The van der Waals surface area contributed by atoms with Crippen LogP contribution in [-0.2, 0) is 33.2 Å². The van der Waals surface area contributed by atoms with Gasteiger partial charge in [0.15, 0.2) is 18.9 Å². The molecule has 0 aromatic rings. The Labute approximate surface area is 634 Å². The predicted octanol–water partition coefficient (Wildman–Crippen LogP) is 14.7. The van der Waals surface area contributed by atoms with Gasteiger partial charge in [-0.2, -0.15) is 0 Å². The summed E-state index contributed by atoms with van der Waals surface area (Å²) in [4.78, 5) is 13.5. The van der Waals surface area contributed by atoms with Gasteiger partial charge in [-0.25, -0.2) is 0 Å². The van der Waals surface area contributed by atoms with Gasteiger partial charge in [0.2, 0.25) is 5.91 Å². The fourth-order valence-corrected chi connectivity index (χ4v) is 13.7. The highest BCUT2D eigenvalue weighted by atomic mass is 16.8.